The maximum Gasteiger partial charge on any atom is 0.233 e. The fraction of sp³-hybridized carbons (Fsp3) is 0.529. The van der Waals surface area contributed by atoms with Gasteiger partial charge in [0.15, 0.2) is 5.82 Å². The molecule has 2 aliphatic heterocycles. The van der Waals surface area contributed by atoms with Crippen molar-refractivity contribution in [3.63, 3.8) is 0 Å². The van der Waals surface area contributed by atoms with Crippen LogP contribution in [0, 0.1) is 0 Å². The Morgan fingerprint density at radius 3 is 2.52 bits per heavy atom. The minimum Gasteiger partial charge on any atom is -0.341 e. The van der Waals surface area contributed by atoms with E-state index in [1.54, 1.807) is 0 Å². The number of aryl methyl sites for hydroxylation is 1. The number of hydrogen-bond donors (Lipinski definition) is 0. The van der Waals surface area contributed by atoms with Crippen molar-refractivity contribution >= 4 is 5.91 Å². The van der Waals surface area contributed by atoms with E-state index in [1.807, 2.05) is 9.58 Å². The Morgan fingerprint density at radius 1 is 1.04 bits per heavy atom. The van der Waals surface area contributed by atoms with Gasteiger partial charge in [-0.05, 0) is 47.2 Å². The Labute approximate surface area is 135 Å². The monoisotopic (exact) mass is 311 g/mol. The zero-order valence-electron chi connectivity index (χ0n) is 13.2. The average Bonchev–Trinajstić information content (AvgIpc) is 2.82. The first-order valence-electron chi connectivity index (χ1n) is 8.44. The third-order valence-corrected chi connectivity index (χ3v) is 5.01. The molecule has 0 fully saturated rings. The molecule has 0 radical (unpaired) electrons. The molecule has 6 heteroatoms. The normalized spacial score (nSPS) is 21.0. The molecule has 4 rings (SSSR count). The Kier molecular flexibility index (Phi) is 3.81. The fourth-order valence-corrected chi connectivity index (χ4v) is 3.70. The van der Waals surface area contributed by atoms with Gasteiger partial charge in [0.25, 0.3) is 0 Å². The molecule has 1 aromatic heterocycles. The molecule has 1 unspecified atom stereocenters. The van der Waals surface area contributed by atoms with Crippen molar-refractivity contribution in [2.45, 2.75) is 44.6 Å². The minimum absolute atomic E-state index is 0.186. The number of nitrogens with zero attached hydrogens (tertiary/aromatic N) is 5. The number of amides is 1. The van der Waals surface area contributed by atoms with Gasteiger partial charge in [0.1, 0.15) is 0 Å². The predicted octanol–water partition coefficient (Wildman–Crippen LogP) is 1.57. The minimum atomic E-state index is -0.186. The lowest BCUT2D eigenvalue weighted by molar-refractivity contribution is -0.133. The molecule has 120 valence electrons. The fourth-order valence-electron chi connectivity index (χ4n) is 3.70. The van der Waals surface area contributed by atoms with E-state index in [9.17, 15) is 4.79 Å². The molecule has 2 aliphatic rings. The van der Waals surface area contributed by atoms with E-state index in [1.165, 1.54) is 11.1 Å². The second-order valence-electron chi connectivity index (χ2n) is 6.40. The highest BCUT2D eigenvalue weighted by Crippen LogP contribution is 2.27. The summed E-state index contributed by atoms with van der Waals surface area (Å²) in [6, 6.07) is 8.51. The molecule has 2 aromatic rings. The first kappa shape index (κ1) is 14.4. The summed E-state index contributed by atoms with van der Waals surface area (Å²) in [6.07, 6.45) is 4.78. The zero-order chi connectivity index (χ0) is 15.6. The number of carbonyl (C=O) groups excluding carboxylic acids is 1. The van der Waals surface area contributed by atoms with Crippen LogP contribution in [0.15, 0.2) is 24.3 Å². The lowest BCUT2D eigenvalue weighted by Gasteiger charge is -2.24. The largest absolute Gasteiger partial charge is 0.341 e. The standard InChI is InChI=1S/C17H21N5O/c23-17(15-7-3-4-10-22-16(15)18-19-20-22)21-11-8-13-5-1-2-6-14(13)9-12-21/h1-2,5-6,15H,3-4,7-12H2. The lowest BCUT2D eigenvalue weighted by Crippen LogP contribution is -2.37. The van der Waals surface area contributed by atoms with Crippen LogP contribution in [0.3, 0.4) is 0 Å². The zero-order valence-corrected chi connectivity index (χ0v) is 13.2. The summed E-state index contributed by atoms with van der Waals surface area (Å²) in [4.78, 5) is 15.1. The summed E-state index contributed by atoms with van der Waals surface area (Å²) in [6.45, 7) is 2.39. The van der Waals surface area contributed by atoms with Crippen LogP contribution in [0.1, 0.15) is 42.1 Å². The van der Waals surface area contributed by atoms with E-state index in [-0.39, 0.29) is 11.8 Å². The predicted molar refractivity (Wildman–Crippen MR) is 84.8 cm³/mol. The van der Waals surface area contributed by atoms with Crippen LogP contribution in [0.2, 0.25) is 0 Å². The van der Waals surface area contributed by atoms with Crippen LogP contribution in [0.5, 0.6) is 0 Å². The van der Waals surface area contributed by atoms with Crippen molar-refractivity contribution in [1.29, 1.82) is 0 Å². The van der Waals surface area contributed by atoms with Crippen LogP contribution in [-0.2, 0) is 24.2 Å². The van der Waals surface area contributed by atoms with Gasteiger partial charge in [0, 0.05) is 19.6 Å². The molecule has 0 bridgehead atoms. The lowest BCUT2D eigenvalue weighted by atomic mass is 10.0. The molecular formula is C17H21N5O. The molecule has 0 saturated carbocycles. The molecule has 0 N–H and O–H groups in total. The number of rotatable bonds is 1. The summed E-state index contributed by atoms with van der Waals surface area (Å²) < 4.78 is 1.81. The van der Waals surface area contributed by atoms with E-state index < -0.39 is 0 Å². The molecule has 0 saturated heterocycles. The molecule has 0 aliphatic carbocycles. The summed E-state index contributed by atoms with van der Waals surface area (Å²) in [5.74, 6) is 0.749. The highest BCUT2D eigenvalue weighted by atomic mass is 16.2. The first-order valence-corrected chi connectivity index (χ1v) is 8.44. The third kappa shape index (κ3) is 2.73. The first-order chi connectivity index (χ1) is 11.3. The average molecular weight is 311 g/mol. The Morgan fingerprint density at radius 2 is 1.78 bits per heavy atom. The number of carbonyl (C=O) groups is 1. The summed E-state index contributed by atoms with van der Waals surface area (Å²) in [5.41, 5.74) is 2.74. The van der Waals surface area contributed by atoms with E-state index in [0.29, 0.717) is 0 Å². The number of tetrazole rings is 1. The van der Waals surface area contributed by atoms with Crippen LogP contribution >= 0.6 is 0 Å². The summed E-state index contributed by atoms with van der Waals surface area (Å²) >= 11 is 0. The van der Waals surface area contributed by atoms with Gasteiger partial charge in [-0.25, -0.2) is 4.68 Å². The van der Waals surface area contributed by atoms with Gasteiger partial charge in [-0.1, -0.05) is 30.7 Å². The van der Waals surface area contributed by atoms with Crippen LogP contribution < -0.4 is 0 Å². The molecule has 0 spiro atoms. The number of hydrogen-bond acceptors (Lipinski definition) is 4. The number of benzene rings is 1. The highest BCUT2D eigenvalue weighted by Gasteiger charge is 2.32. The molecular weight excluding hydrogens is 290 g/mol. The third-order valence-electron chi connectivity index (χ3n) is 5.01. The van der Waals surface area contributed by atoms with Gasteiger partial charge in [-0.15, -0.1) is 5.10 Å². The molecule has 1 aromatic carbocycles. The molecule has 6 nitrogen and oxygen atoms in total. The second kappa shape index (κ2) is 6.10. The van der Waals surface area contributed by atoms with Crippen molar-refractivity contribution in [2.75, 3.05) is 13.1 Å². The number of aromatic nitrogens is 4. The Balaban J connectivity index is 1.54. The highest BCUT2D eigenvalue weighted by molar-refractivity contribution is 5.83. The second-order valence-corrected chi connectivity index (χ2v) is 6.40. The van der Waals surface area contributed by atoms with Gasteiger partial charge in [0.2, 0.25) is 5.91 Å². The Bertz CT molecular complexity index is 684. The molecule has 1 amide bonds. The van der Waals surface area contributed by atoms with Gasteiger partial charge >= 0.3 is 0 Å². The van der Waals surface area contributed by atoms with Gasteiger partial charge < -0.3 is 4.90 Å². The van der Waals surface area contributed by atoms with Crippen molar-refractivity contribution < 1.29 is 4.79 Å². The SMILES string of the molecule is O=C(C1CCCCn2nnnc21)N1CCc2ccccc2CC1. The summed E-state index contributed by atoms with van der Waals surface area (Å²) in [7, 11) is 0. The van der Waals surface area contributed by atoms with Crippen molar-refractivity contribution in [3.05, 3.63) is 41.2 Å². The van der Waals surface area contributed by atoms with E-state index in [0.717, 1.165) is 57.6 Å². The number of fused-ring (bicyclic) bond motifs is 2. The van der Waals surface area contributed by atoms with Gasteiger partial charge in [-0.3, -0.25) is 4.79 Å². The van der Waals surface area contributed by atoms with Gasteiger partial charge in [0.05, 0.1) is 5.92 Å². The van der Waals surface area contributed by atoms with Crippen LogP contribution in [-0.4, -0.2) is 44.1 Å². The quantitative estimate of drug-likeness (QED) is 0.802. The van der Waals surface area contributed by atoms with E-state index >= 15 is 0 Å². The van der Waals surface area contributed by atoms with Gasteiger partial charge in [-0.2, -0.15) is 0 Å². The van der Waals surface area contributed by atoms with Crippen LogP contribution in [0.25, 0.3) is 0 Å². The smallest absolute Gasteiger partial charge is 0.233 e. The van der Waals surface area contributed by atoms with E-state index in [4.69, 9.17) is 0 Å². The van der Waals surface area contributed by atoms with Crippen molar-refractivity contribution in [1.82, 2.24) is 25.1 Å². The Hall–Kier alpha value is -2.24. The maximum absolute atomic E-state index is 13.1. The van der Waals surface area contributed by atoms with Crippen molar-refractivity contribution in [2.24, 2.45) is 0 Å². The molecule has 1 atom stereocenters. The van der Waals surface area contributed by atoms with E-state index in [2.05, 4.69) is 39.8 Å². The maximum atomic E-state index is 13.1. The van der Waals surface area contributed by atoms with Crippen LogP contribution in [0.4, 0.5) is 0 Å². The molecule has 23 heavy (non-hydrogen) atoms. The molecule has 3 heterocycles. The van der Waals surface area contributed by atoms with Crippen molar-refractivity contribution in [3.8, 4) is 0 Å². The topological polar surface area (TPSA) is 63.9 Å². The summed E-state index contributed by atoms with van der Waals surface area (Å²) in [5, 5.41) is 11.9.